The molecule has 3 aliphatic rings. The van der Waals surface area contributed by atoms with Crippen LogP contribution >= 0.6 is 0 Å². The normalized spacial score (nSPS) is 41.1. The fourth-order valence-corrected chi connectivity index (χ4v) is 4.25. The fraction of sp³-hybridized carbons (Fsp3) is 1.00. The number of ether oxygens (including phenoxy) is 1. The van der Waals surface area contributed by atoms with Crippen LogP contribution in [-0.4, -0.2) is 22.9 Å². The average molecular weight is 238 g/mol. The maximum Gasteiger partial charge on any atom is 0.0687 e. The molecule has 3 unspecified atom stereocenters. The molecule has 0 radical (unpaired) electrons. The zero-order chi connectivity index (χ0) is 11.7. The molecule has 17 heavy (non-hydrogen) atoms. The summed E-state index contributed by atoms with van der Waals surface area (Å²) in [7, 11) is 0. The van der Waals surface area contributed by atoms with Crippen LogP contribution in [0.2, 0.25) is 0 Å². The van der Waals surface area contributed by atoms with E-state index >= 15 is 0 Å². The summed E-state index contributed by atoms with van der Waals surface area (Å²) in [6, 6.07) is 0. The van der Waals surface area contributed by atoms with Gasteiger partial charge in [-0.25, -0.2) is 0 Å². The first-order chi connectivity index (χ1) is 8.27. The number of hydrogen-bond donors (Lipinski definition) is 1. The second-order valence-electron chi connectivity index (χ2n) is 6.52. The Morgan fingerprint density at radius 2 is 1.71 bits per heavy atom. The van der Waals surface area contributed by atoms with Crippen LogP contribution in [0, 0.1) is 5.92 Å². The van der Waals surface area contributed by atoms with Crippen molar-refractivity contribution in [2.24, 2.45) is 5.92 Å². The highest BCUT2D eigenvalue weighted by Gasteiger charge is 2.43. The van der Waals surface area contributed by atoms with Gasteiger partial charge in [0.2, 0.25) is 0 Å². The molecule has 1 N–H and O–H groups in total. The standard InChI is InChI=1S/C15H26O2/c16-14-6-2-1-5-12(14)11-13-7-10-15(17-13)8-3-4-9-15/h12-14,16H,1-11H2. The van der Waals surface area contributed by atoms with Crippen molar-refractivity contribution < 1.29 is 9.84 Å². The molecular weight excluding hydrogens is 212 g/mol. The van der Waals surface area contributed by atoms with Gasteiger partial charge in [0.05, 0.1) is 17.8 Å². The van der Waals surface area contributed by atoms with Gasteiger partial charge in [-0.05, 0) is 50.9 Å². The number of hydrogen-bond acceptors (Lipinski definition) is 2. The van der Waals surface area contributed by atoms with Gasteiger partial charge < -0.3 is 9.84 Å². The predicted octanol–water partition coefficient (Wildman–Crippen LogP) is 3.42. The van der Waals surface area contributed by atoms with Gasteiger partial charge in [0.25, 0.3) is 0 Å². The first kappa shape index (κ1) is 12.0. The van der Waals surface area contributed by atoms with Crippen molar-refractivity contribution in [1.29, 1.82) is 0 Å². The molecule has 1 saturated heterocycles. The first-order valence-corrected chi connectivity index (χ1v) is 7.63. The average Bonchev–Trinajstić information content (AvgIpc) is 2.94. The van der Waals surface area contributed by atoms with Crippen molar-refractivity contribution >= 4 is 0 Å². The smallest absolute Gasteiger partial charge is 0.0687 e. The molecule has 2 heteroatoms. The van der Waals surface area contributed by atoms with E-state index in [1.165, 1.54) is 57.8 Å². The van der Waals surface area contributed by atoms with E-state index in [0.717, 1.165) is 12.8 Å². The highest BCUT2D eigenvalue weighted by atomic mass is 16.5. The van der Waals surface area contributed by atoms with Crippen LogP contribution in [0.1, 0.15) is 70.6 Å². The van der Waals surface area contributed by atoms with Crippen molar-refractivity contribution in [3.05, 3.63) is 0 Å². The van der Waals surface area contributed by atoms with Gasteiger partial charge in [-0.3, -0.25) is 0 Å². The van der Waals surface area contributed by atoms with E-state index in [1.807, 2.05) is 0 Å². The Kier molecular flexibility index (Phi) is 3.45. The van der Waals surface area contributed by atoms with Crippen LogP contribution in [0.15, 0.2) is 0 Å². The molecule has 3 atom stereocenters. The summed E-state index contributed by atoms with van der Waals surface area (Å²) in [5.41, 5.74) is 0.268. The molecule has 2 aliphatic carbocycles. The quantitative estimate of drug-likeness (QED) is 0.798. The highest BCUT2D eigenvalue weighted by Crippen LogP contribution is 2.45. The predicted molar refractivity (Wildman–Crippen MR) is 67.9 cm³/mol. The minimum atomic E-state index is -0.0486. The van der Waals surface area contributed by atoms with Crippen molar-refractivity contribution in [2.75, 3.05) is 0 Å². The van der Waals surface area contributed by atoms with E-state index in [1.54, 1.807) is 0 Å². The molecule has 0 aromatic rings. The lowest BCUT2D eigenvalue weighted by Gasteiger charge is -2.30. The zero-order valence-electron chi connectivity index (χ0n) is 10.9. The Hall–Kier alpha value is -0.0800. The Bertz CT molecular complexity index is 258. The second-order valence-corrected chi connectivity index (χ2v) is 6.52. The highest BCUT2D eigenvalue weighted by molar-refractivity contribution is 4.93. The second kappa shape index (κ2) is 4.89. The molecule has 0 aromatic carbocycles. The van der Waals surface area contributed by atoms with E-state index in [-0.39, 0.29) is 11.7 Å². The molecule has 2 nitrogen and oxygen atoms in total. The summed E-state index contributed by atoms with van der Waals surface area (Å²) in [6.45, 7) is 0. The van der Waals surface area contributed by atoms with Crippen molar-refractivity contribution in [1.82, 2.24) is 0 Å². The largest absolute Gasteiger partial charge is 0.393 e. The van der Waals surface area contributed by atoms with Gasteiger partial charge in [-0.15, -0.1) is 0 Å². The zero-order valence-corrected chi connectivity index (χ0v) is 10.9. The lowest BCUT2D eigenvalue weighted by Crippen LogP contribution is -2.30. The molecule has 1 aliphatic heterocycles. The van der Waals surface area contributed by atoms with Gasteiger partial charge >= 0.3 is 0 Å². The summed E-state index contributed by atoms with van der Waals surface area (Å²) in [4.78, 5) is 0. The van der Waals surface area contributed by atoms with E-state index in [2.05, 4.69) is 0 Å². The lowest BCUT2D eigenvalue weighted by atomic mass is 9.82. The molecule has 0 aromatic heterocycles. The molecular formula is C15H26O2. The fourth-order valence-electron chi connectivity index (χ4n) is 4.25. The van der Waals surface area contributed by atoms with Crippen molar-refractivity contribution in [3.8, 4) is 0 Å². The third kappa shape index (κ3) is 2.53. The summed E-state index contributed by atoms with van der Waals surface area (Å²) in [6.07, 6.45) is 14.1. The Morgan fingerprint density at radius 1 is 0.941 bits per heavy atom. The SMILES string of the molecule is OC1CCCCC1CC1CCC2(CCCC2)O1. The van der Waals surface area contributed by atoms with E-state index in [0.29, 0.717) is 12.0 Å². The van der Waals surface area contributed by atoms with E-state index in [9.17, 15) is 5.11 Å². The maximum atomic E-state index is 10.0. The summed E-state index contributed by atoms with van der Waals surface area (Å²) >= 11 is 0. The molecule has 3 rings (SSSR count). The van der Waals surface area contributed by atoms with Crippen molar-refractivity contribution in [2.45, 2.75) is 88.4 Å². The van der Waals surface area contributed by atoms with Crippen LogP contribution < -0.4 is 0 Å². The number of aliphatic hydroxyl groups is 1. The van der Waals surface area contributed by atoms with Gasteiger partial charge in [-0.1, -0.05) is 25.7 Å². The van der Waals surface area contributed by atoms with E-state index < -0.39 is 0 Å². The van der Waals surface area contributed by atoms with Gasteiger partial charge in [-0.2, -0.15) is 0 Å². The third-order valence-electron chi connectivity index (χ3n) is 5.29. The van der Waals surface area contributed by atoms with Crippen LogP contribution in [0.25, 0.3) is 0 Å². The summed E-state index contributed by atoms with van der Waals surface area (Å²) < 4.78 is 6.35. The minimum absolute atomic E-state index is 0.0486. The first-order valence-electron chi connectivity index (χ1n) is 7.63. The third-order valence-corrected chi connectivity index (χ3v) is 5.29. The molecule has 1 spiro atoms. The number of rotatable bonds is 2. The molecule has 0 bridgehead atoms. The Balaban J connectivity index is 1.52. The van der Waals surface area contributed by atoms with Crippen LogP contribution in [-0.2, 0) is 4.74 Å². The maximum absolute atomic E-state index is 10.0. The molecule has 98 valence electrons. The van der Waals surface area contributed by atoms with Crippen LogP contribution in [0.5, 0.6) is 0 Å². The van der Waals surface area contributed by atoms with E-state index in [4.69, 9.17) is 4.74 Å². The summed E-state index contributed by atoms with van der Waals surface area (Å²) in [5.74, 6) is 0.519. The van der Waals surface area contributed by atoms with Gasteiger partial charge in [0.15, 0.2) is 0 Å². The number of aliphatic hydroxyl groups excluding tert-OH is 1. The summed E-state index contributed by atoms with van der Waals surface area (Å²) in [5, 5.41) is 10.0. The molecule has 0 amide bonds. The Labute approximate surface area is 105 Å². The van der Waals surface area contributed by atoms with Crippen molar-refractivity contribution in [3.63, 3.8) is 0 Å². The minimum Gasteiger partial charge on any atom is -0.393 e. The Morgan fingerprint density at radius 3 is 2.47 bits per heavy atom. The topological polar surface area (TPSA) is 29.5 Å². The van der Waals surface area contributed by atoms with Crippen LogP contribution in [0.3, 0.4) is 0 Å². The van der Waals surface area contributed by atoms with Gasteiger partial charge in [0, 0.05) is 0 Å². The molecule has 2 saturated carbocycles. The van der Waals surface area contributed by atoms with Crippen LogP contribution in [0.4, 0.5) is 0 Å². The monoisotopic (exact) mass is 238 g/mol. The van der Waals surface area contributed by atoms with Gasteiger partial charge in [0.1, 0.15) is 0 Å². The molecule has 3 fully saturated rings. The lowest BCUT2D eigenvalue weighted by molar-refractivity contribution is -0.0561. The molecule has 1 heterocycles.